The van der Waals surface area contributed by atoms with Gasteiger partial charge >= 0.3 is 0 Å². The van der Waals surface area contributed by atoms with Crippen molar-refractivity contribution in [1.29, 1.82) is 0 Å². The summed E-state index contributed by atoms with van der Waals surface area (Å²) in [4.78, 5) is 14.7. The molecule has 0 atom stereocenters. The molecule has 1 aliphatic carbocycles. The van der Waals surface area contributed by atoms with Crippen LogP contribution in [0.1, 0.15) is 42.4 Å². The van der Waals surface area contributed by atoms with E-state index >= 15 is 0 Å². The van der Waals surface area contributed by atoms with Gasteiger partial charge in [-0.2, -0.15) is 0 Å². The number of nitrogens with zero attached hydrogens (tertiary/aromatic N) is 1. The highest BCUT2D eigenvalue weighted by molar-refractivity contribution is 6.10. The average Bonchev–Trinajstić information content (AvgIpc) is 2.75. The smallest absolute Gasteiger partial charge is 0.177 e. The van der Waals surface area contributed by atoms with Gasteiger partial charge in [-0.3, -0.25) is 4.79 Å². The van der Waals surface area contributed by atoms with Crippen LogP contribution < -0.4 is 0 Å². The molecule has 2 aliphatic rings. The molecular formula is C19H21NO. The van der Waals surface area contributed by atoms with Crippen molar-refractivity contribution in [1.82, 2.24) is 4.90 Å². The van der Waals surface area contributed by atoms with Crippen LogP contribution in [0.5, 0.6) is 0 Å². The number of hydrogen-bond donors (Lipinski definition) is 0. The fourth-order valence-corrected chi connectivity index (χ4v) is 3.36. The zero-order valence-electron chi connectivity index (χ0n) is 12.6. The Kier molecular flexibility index (Phi) is 3.84. The van der Waals surface area contributed by atoms with Gasteiger partial charge < -0.3 is 4.90 Å². The van der Waals surface area contributed by atoms with E-state index in [1.807, 2.05) is 0 Å². The second-order valence-electron chi connectivity index (χ2n) is 6.03. The number of terminal acetylenes is 1. The molecule has 1 saturated heterocycles. The van der Waals surface area contributed by atoms with E-state index in [1.54, 1.807) is 0 Å². The van der Waals surface area contributed by atoms with Gasteiger partial charge in [0.1, 0.15) is 0 Å². The molecule has 21 heavy (non-hydrogen) atoms. The van der Waals surface area contributed by atoms with E-state index in [4.69, 9.17) is 6.42 Å². The lowest BCUT2D eigenvalue weighted by molar-refractivity contribution is -0.114. The van der Waals surface area contributed by atoms with Crippen molar-refractivity contribution in [2.75, 3.05) is 13.1 Å². The number of carbonyl (C=O) groups is 1. The first-order valence-electron chi connectivity index (χ1n) is 7.79. The van der Waals surface area contributed by atoms with Gasteiger partial charge in [0, 0.05) is 25.1 Å². The Balaban J connectivity index is 2.14. The maximum Gasteiger partial charge on any atom is 0.177 e. The van der Waals surface area contributed by atoms with Crippen molar-refractivity contribution < 1.29 is 4.79 Å². The summed E-state index contributed by atoms with van der Waals surface area (Å²) in [5.74, 6) is 2.76. The minimum atomic E-state index is 0.0908. The summed E-state index contributed by atoms with van der Waals surface area (Å²) in [6.07, 6.45) is 11.0. The lowest BCUT2D eigenvalue weighted by Gasteiger charge is -2.31. The molecule has 0 bridgehead atoms. The summed E-state index contributed by atoms with van der Waals surface area (Å²) in [5.41, 5.74) is 5.09. The number of hydrogen-bond acceptors (Lipinski definition) is 2. The van der Waals surface area contributed by atoms with Gasteiger partial charge in [-0.25, -0.2) is 0 Å². The Morgan fingerprint density at radius 3 is 2.52 bits per heavy atom. The normalized spacial score (nSPS) is 19.0. The van der Waals surface area contributed by atoms with E-state index in [2.05, 4.69) is 35.9 Å². The van der Waals surface area contributed by atoms with Gasteiger partial charge in [0.15, 0.2) is 5.78 Å². The topological polar surface area (TPSA) is 20.3 Å². The molecule has 2 nitrogen and oxygen atoms in total. The van der Waals surface area contributed by atoms with Crippen molar-refractivity contribution in [3.05, 3.63) is 40.5 Å². The zero-order chi connectivity index (χ0) is 14.8. The Bertz CT molecular complexity index is 640. The molecule has 0 saturated carbocycles. The molecule has 1 aliphatic heterocycles. The Hall–Kier alpha value is -2.01. The largest absolute Gasteiger partial charge is 0.370 e. The fraction of sp³-hybridized carbons (Fsp3) is 0.421. The van der Waals surface area contributed by atoms with Crippen molar-refractivity contribution in [3.8, 4) is 12.3 Å². The molecule has 1 aromatic rings. The summed E-state index contributed by atoms with van der Waals surface area (Å²) in [7, 11) is 0. The number of fused-ring (bicyclic) bond motifs is 1. The minimum absolute atomic E-state index is 0.0908. The number of aryl methyl sites for hydroxylation is 1. The second-order valence-corrected chi connectivity index (χ2v) is 6.03. The van der Waals surface area contributed by atoms with Crippen molar-refractivity contribution in [2.24, 2.45) is 0 Å². The molecule has 0 amide bonds. The first kappa shape index (κ1) is 13.9. The number of allylic oxidation sites excluding steroid dienone is 1. The van der Waals surface area contributed by atoms with E-state index in [-0.39, 0.29) is 5.78 Å². The molecule has 108 valence electrons. The lowest BCUT2D eigenvalue weighted by atomic mass is 9.87. The summed E-state index contributed by atoms with van der Waals surface area (Å²) in [6.45, 7) is 4.09. The van der Waals surface area contributed by atoms with Gasteiger partial charge in [-0.05, 0) is 31.4 Å². The maximum atomic E-state index is 12.4. The van der Waals surface area contributed by atoms with Crippen LogP contribution in [0.3, 0.4) is 0 Å². The zero-order valence-corrected chi connectivity index (χ0v) is 12.6. The number of Topliss-reactive ketones (excluding diaryl/α,β-unsaturated/α-hetero) is 1. The van der Waals surface area contributed by atoms with Crippen molar-refractivity contribution >= 4 is 11.5 Å². The molecular weight excluding hydrogens is 258 g/mol. The first-order valence-corrected chi connectivity index (χ1v) is 7.79. The third kappa shape index (κ3) is 2.61. The molecule has 0 spiro atoms. The highest BCUT2D eigenvalue weighted by Crippen LogP contribution is 2.34. The Morgan fingerprint density at radius 1 is 1.14 bits per heavy atom. The van der Waals surface area contributed by atoms with E-state index < -0.39 is 0 Å². The minimum Gasteiger partial charge on any atom is -0.370 e. The monoisotopic (exact) mass is 279 g/mol. The summed E-state index contributed by atoms with van der Waals surface area (Å²) in [6, 6.07) is 6.33. The first-order chi connectivity index (χ1) is 10.2. The second kappa shape index (κ2) is 5.77. The van der Waals surface area contributed by atoms with Gasteiger partial charge in [-0.1, -0.05) is 36.5 Å². The number of likely N-dealkylation sites (tertiary alicyclic amines) is 1. The van der Waals surface area contributed by atoms with Crippen LogP contribution in [-0.2, 0) is 11.2 Å². The van der Waals surface area contributed by atoms with Gasteiger partial charge in [-0.15, -0.1) is 6.42 Å². The van der Waals surface area contributed by atoms with Gasteiger partial charge in [0.25, 0.3) is 0 Å². The van der Waals surface area contributed by atoms with Crippen LogP contribution >= 0.6 is 0 Å². The molecule has 1 heterocycles. The van der Waals surface area contributed by atoms with Crippen LogP contribution in [0.2, 0.25) is 0 Å². The number of benzene rings is 1. The summed E-state index contributed by atoms with van der Waals surface area (Å²) < 4.78 is 0. The summed E-state index contributed by atoms with van der Waals surface area (Å²) >= 11 is 0. The van der Waals surface area contributed by atoms with Crippen LogP contribution in [0, 0.1) is 19.3 Å². The predicted octanol–water partition coefficient (Wildman–Crippen LogP) is 3.34. The third-order valence-electron chi connectivity index (χ3n) is 4.45. The van der Waals surface area contributed by atoms with Crippen LogP contribution in [0.4, 0.5) is 0 Å². The van der Waals surface area contributed by atoms with Crippen LogP contribution in [-0.4, -0.2) is 23.8 Å². The molecule has 1 fully saturated rings. The fourth-order valence-electron chi connectivity index (χ4n) is 3.36. The predicted molar refractivity (Wildman–Crippen MR) is 85.7 cm³/mol. The SMILES string of the molecule is C#CC1=C(N2CCCCCC2)c2cc(C)ccc2CC1=O. The van der Waals surface area contributed by atoms with E-state index in [1.165, 1.54) is 36.8 Å². The van der Waals surface area contributed by atoms with E-state index in [0.717, 1.165) is 24.4 Å². The van der Waals surface area contributed by atoms with Gasteiger partial charge in [0.05, 0.1) is 11.3 Å². The molecule has 0 radical (unpaired) electrons. The molecule has 2 heteroatoms. The van der Waals surface area contributed by atoms with Crippen molar-refractivity contribution in [3.63, 3.8) is 0 Å². The highest BCUT2D eigenvalue weighted by Gasteiger charge is 2.28. The molecule has 0 unspecified atom stereocenters. The Morgan fingerprint density at radius 2 is 1.86 bits per heavy atom. The molecule has 3 rings (SSSR count). The molecule has 0 aromatic heterocycles. The van der Waals surface area contributed by atoms with Crippen LogP contribution in [0.25, 0.3) is 5.70 Å². The highest BCUT2D eigenvalue weighted by atomic mass is 16.1. The number of carbonyl (C=O) groups excluding carboxylic acids is 1. The lowest BCUT2D eigenvalue weighted by Crippen LogP contribution is -2.29. The number of rotatable bonds is 1. The van der Waals surface area contributed by atoms with Gasteiger partial charge in [0.2, 0.25) is 0 Å². The van der Waals surface area contributed by atoms with Crippen LogP contribution in [0.15, 0.2) is 23.8 Å². The van der Waals surface area contributed by atoms with E-state index in [9.17, 15) is 4.79 Å². The number of ketones is 1. The average molecular weight is 279 g/mol. The maximum absolute atomic E-state index is 12.4. The molecule has 0 N–H and O–H groups in total. The van der Waals surface area contributed by atoms with Crippen molar-refractivity contribution in [2.45, 2.75) is 39.0 Å². The summed E-state index contributed by atoms with van der Waals surface area (Å²) in [5, 5.41) is 0. The Labute approximate surface area is 126 Å². The third-order valence-corrected chi connectivity index (χ3v) is 4.45. The molecule has 1 aromatic carbocycles. The quantitative estimate of drug-likeness (QED) is 0.735. The standard InChI is InChI=1S/C19H21NO/c1-3-16-18(21)13-15-9-8-14(2)12-17(15)19(16)20-10-6-4-5-7-11-20/h1,8-9,12H,4-7,10-11,13H2,2H3. The van der Waals surface area contributed by atoms with E-state index in [0.29, 0.717) is 12.0 Å².